The molecule has 1 aliphatic rings. The standard InChI is InChI=1S/C18H15ClN2O4/c1-10(22)20-13-3-5-14(6-4-13)21-17(23)16-9-11-8-12(19)2-7-15(11)18(24)25-16/h2-8,16H,9H2,1H3,(H,20,22)(H,21,23). The summed E-state index contributed by atoms with van der Waals surface area (Å²) in [6, 6.07) is 11.5. The summed E-state index contributed by atoms with van der Waals surface area (Å²) >= 11 is 5.95. The van der Waals surface area contributed by atoms with Crippen LogP contribution in [0.1, 0.15) is 22.8 Å². The third-order valence-corrected chi connectivity index (χ3v) is 3.94. The lowest BCUT2D eigenvalue weighted by molar-refractivity contribution is -0.125. The number of carbonyl (C=O) groups is 3. The second kappa shape index (κ2) is 6.94. The Morgan fingerprint density at radius 1 is 1.08 bits per heavy atom. The van der Waals surface area contributed by atoms with Crippen LogP contribution in [0.25, 0.3) is 0 Å². The number of nitrogens with one attached hydrogen (secondary N) is 2. The maximum Gasteiger partial charge on any atom is 0.339 e. The second-order valence-electron chi connectivity index (χ2n) is 5.65. The average molecular weight is 359 g/mol. The molecule has 2 N–H and O–H groups in total. The Kier molecular flexibility index (Phi) is 4.72. The summed E-state index contributed by atoms with van der Waals surface area (Å²) < 4.78 is 5.21. The van der Waals surface area contributed by atoms with E-state index in [1.807, 2.05) is 0 Å². The van der Waals surface area contributed by atoms with Gasteiger partial charge in [0.05, 0.1) is 5.56 Å². The van der Waals surface area contributed by atoms with Gasteiger partial charge in [-0.3, -0.25) is 9.59 Å². The van der Waals surface area contributed by atoms with Crippen molar-refractivity contribution >= 4 is 40.8 Å². The number of anilines is 2. The number of amides is 2. The predicted molar refractivity (Wildman–Crippen MR) is 93.7 cm³/mol. The first-order chi connectivity index (χ1) is 11.9. The molecular weight excluding hydrogens is 344 g/mol. The highest BCUT2D eigenvalue weighted by atomic mass is 35.5. The van der Waals surface area contributed by atoms with Gasteiger partial charge in [-0.05, 0) is 48.0 Å². The van der Waals surface area contributed by atoms with Crippen molar-refractivity contribution in [3.05, 3.63) is 58.6 Å². The van der Waals surface area contributed by atoms with Crippen LogP contribution in [0.2, 0.25) is 5.02 Å². The number of ether oxygens (including phenoxy) is 1. The number of carbonyl (C=O) groups excluding carboxylic acids is 3. The van der Waals surface area contributed by atoms with Crippen molar-refractivity contribution in [2.75, 3.05) is 10.6 Å². The number of esters is 1. The molecular formula is C18H15ClN2O4. The Hall–Kier alpha value is -2.86. The van der Waals surface area contributed by atoms with Crippen molar-refractivity contribution < 1.29 is 19.1 Å². The van der Waals surface area contributed by atoms with Crippen LogP contribution in [-0.4, -0.2) is 23.9 Å². The lowest BCUT2D eigenvalue weighted by atomic mass is 9.98. The largest absolute Gasteiger partial charge is 0.448 e. The number of hydrogen-bond acceptors (Lipinski definition) is 4. The zero-order valence-electron chi connectivity index (χ0n) is 13.3. The number of benzene rings is 2. The minimum Gasteiger partial charge on any atom is -0.448 e. The van der Waals surface area contributed by atoms with E-state index in [2.05, 4.69) is 10.6 Å². The highest BCUT2D eigenvalue weighted by molar-refractivity contribution is 6.30. The van der Waals surface area contributed by atoms with Gasteiger partial charge in [0, 0.05) is 29.7 Å². The molecule has 2 amide bonds. The second-order valence-corrected chi connectivity index (χ2v) is 6.08. The van der Waals surface area contributed by atoms with E-state index in [1.54, 1.807) is 42.5 Å². The molecule has 0 radical (unpaired) electrons. The van der Waals surface area contributed by atoms with Crippen LogP contribution in [0.5, 0.6) is 0 Å². The summed E-state index contributed by atoms with van der Waals surface area (Å²) in [5.74, 6) is -1.14. The molecule has 0 aromatic heterocycles. The first kappa shape index (κ1) is 17.0. The van der Waals surface area contributed by atoms with Crippen LogP contribution >= 0.6 is 11.6 Å². The first-order valence-electron chi connectivity index (χ1n) is 7.60. The third kappa shape index (κ3) is 3.97. The van der Waals surface area contributed by atoms with Crippen molar-refractivity contribution in [3.63, 3.8) is 0 Å². The van der Waals surface area contributed by atoms with Gasteiger partial charge in [0.25, 0.3) is 5.91 Å². The number of hydrogen-bond donors (Lipinski definition) is 2. The maximum absolute atomic E-state index is 12.4. The molecule has 0 fully saturated rings. The Labute approximate surface area is 149 Å². The molecule has 0 saturated carbocycles. The number of cyclic esters (lactones) is 1. The van der Waals surface area contributed by atoms with Gasteiger partial charge in [-0.15, -0.1) is 0 Å². The molecule has 128 valence electrons. The van der Waals surface area contributed by atoms with Crippen LogP contribution in [0.3, 0.4) is 0 Å². The summed E-state index contributed by atoms with van der Waals surface area (Å²) in [7, 11) is 0. The summed E-state index contributed by atoms with van der Waals surface area (Å²) in [5.41, 5.74) is 2.27. The molecule has 6 nitrogen and oxygen atoms in total. The maximum atomic E-state index is 12.4. The van der Waals surface area contributed by atoms with Gasteiger partial charge in [-0.1, -0.05) is 11.6 Å². The number of halogens is 1. The van der Waals surface area contributed by atoms with Gasteiger partial charge in [-0.25, -0.2) is 4.79 Å². The molecule has 1 heterocycles. The Morgan fingerprint density at radius 3 is 2.36 bits per heavy atom. The highest BCUT2D eigenvalue weighted by Gasteiger charge is 2.31. The van der Waals surface area contributed by atoms with Gasteiger partial charge in [-0.2, -0.15) is 0 Å². The highest BCUT2D eigenvalue weighted by Crippen LogP contribution is 2.25. The van der Waals surface area contributed by atoms with Crippen molar-refractivity contribution in [3.8, 4) is 0 Å². The van der Waals surface area contributed by atoms with E-state index in [0.717, 1.165) is 0 Å². The number of fused-ring (bicyclic) bond motifs is 1. The summed E-state index contributed by atoms with van der Waals surface area (Å²) in [6.45, 7) is 1.41. The van der Waals surface area contributed by atoms with E-state index in [9.17, 15) is 14.4 Å². The van der Waals surface area contributed by atoms with Gasteiger partial charge in [0.2, 0.25) is 5.91 Å². The molecule has 2 aromatic rings. The van der Waals surface area contributed by atoms with E-state index in [0.29, 0.717) is 27.5 Å². The van der Waals surface area contributed by atoms with E-state index in [1.165, 1.54) is 6.92 Å². The van der Waals surface area contributed by atoms with E-state index in [-0.39, 0.29) is 12.3 Å². The van der Waals surface area contributed by atoms with Crippen molar-refractivity contribution in [2.45, 2.75) is 19.4 Å². The minimum atomic E-state index is -0.923. The molecule has 25 heavy (non-hydrogen) atoms. The molecule has 1 aliphatic heterocycles. The summed E-state index contributed by atoms with van der Waals surface area (Å²) in [4.78, 5) is 35.4. The molecule has 1 unspecified atom stereocenters. The van der Waals surface area contributed by atoms with Crippen LogP contribution in [-0.2, 0) is 20.7 Å². The fraction of sp³-hybridized carbons (Fsp3) is 0.167. The summed E-state index contributed by atoms with van der Waals surface area (Å²) in [6.07, 6.45) is -0.661. The minimum absolute atomic E-state index is 0.178. The SMILES string of the molecule is CC(=O)Nc1ccc(NC(=O)C2Cc3cc(Cl)ccc3C(=O)O2)cc1. The molecule has 2 aromatic carbocycles. The zero-order chi connectivity index (χ0) is 18.0. The van der Waals surface area contributed by atoms with Crippen LogP contribution < -0.4 is 10.6 Å². The van der Waals surface area contributed by atoms with Crippen molar-refractivity contribution in [1.82, 2.24) is 0 Å². The Morgan fingerprint density at radius 2 is 1.72 bits per heavy atom. The van der Waals surface area contributed by atoms with Crippen LogP contribution in [0, 0.1) is 0 Å². The van der Waals surface area contributed by atoms with Crippen molar-refractivity contribution in [2.24, 2.45) is 0 Å². The van der Waals surface area contributed by atoms with Crippen molar-refractivity contribution in [1.29, 1.82) is 0 Å². The topological polar surface area (TPSA) is 84.5 Å². The van der Waals surface area contributed by atoms with Gasteiger partial charge in [0.15, 0.2) is 6.10 Å². The normalized spacial score (nSPS) is 15.8. The summed E-state index contributed by atoms with van der Waals surface area (Å²) in [5, 5.41) is 5.83. The Balaban J connectivity index is 1.69. The lowest BCUT2D eigenvalue weighted by Gasteiger charge is -2.24. The van der Waals surface area contributed by atoms with E-state index in [4.69, 9.17) is 16.3 Å². The number of rotatable bonds is 3. The van der Waals surface area contributed by atoms with Crippen LogP contribution in [0.4, 0.5) is 11.4 Å². The predicted octanol–water partition coefficient (Wildman–Crippen LogP) is 3.02. The fourth-order valence-corrected chi connectivity index (χ4v) is 2.77. The van der Waals surface area contributed by atoms with Gasteiger partial charge < -0.3 is 15.4 Å². The first-order valence-corrected chi connectivity index (χ1v) is 7.98. The molecule has 7 heteroatoms. The average Bonchev–Trinajstić information content (AvgIpc) is 2.55. The molecule has 0 bridgehead atoms. The molecule has 0 spiro atoms. The third-order valence-electron chi connectivity index (χ3n) is 3.71. The lowest BCUT2D eigenvalue weighted by Crippen LogP contribution is -2.38. The fourth-order valence-electron chi connectivity index (χ4n) is 2.57. The monoisotopic (exact) mass is 358 g/mol. The molecule has 1 atom stereocenters. The molecule has 0 aliphatic carbocycles. The quantitative estimate of drug-likeness (QED) is 0.826. The molecule has 0 saturated heterocycles. The van der Waals surface area contributed by atoms with E-state index >= 15 is 0 Å². The van der Waals surface area contributed by atoms with E-state index < -0.39 is 18.0 Å². The van der Waals surface area contributed by atoms with Gasteiger partial charge >= 0.3 is 5.97 Å². The zero-order valence-corrected chi connectivity index (χ0v) is 14.1. The molecule has 3 rings (SSSR count). The van der Waals surface area contributed by atoms with Gasteiger partial charge in [0.1, 0.15) is 0 Å². The van der Waals surface area contributed by atoms with Crippen LogP contribution in [0.15, 0.2) is 42.5 Å². The smallest absolute Gasteiger partial charge is 0.339 e. The Bertz CT molecular complexity index is 849.